The molecule has 0 bridgehead atoms. The van der Waals surface area contributed by atoms with E-state index in [0.717, 1.165) is 23.1 Å². The molecule has 1 fully saturated rings. The lowest BCUT2D eigenvalue weighted by Crippen LogP contribution is -2.54. The normalized spacial score (nSPS) is 17.2. The van der Waals surface area contributed by atoms with Gasteiger partial charge in [-0.05, 0) is 73.6 Å². The van der Waals surface area contributed by atoms with Gasteiger partial charge in [-0.25, -0.2) is 4.79 Å². The monoisotopic (exact) mass is 583 g/mol. The van der Waals surface area contributed by atoms with Crippen molar-refractivity contribution in [3.05, 3.63) is 108 Å². The number of hydrogen-bond acceptors (Lipinski definition) is 5. The first-order chi connectivity index (χ1) is 20.4. The van der Waals surface area contributed by atoms with Gasteiger partial charge in [-0.15, -0.1) is 0 Å². The van der Waals surface area contributed by atoms with Crippen molar-refractivity contribution in [1.29, 1.82) is 0 Å². The predicted molar refractivity (Wildman–Crippen MR) is 167 cm³/mol. The summed E-state index contributed by atoms with van der Waals surface area (Å²) >= 11 is 0. The molecule has 1 aliphatic rings. The highest BCUT2D eigenvalue weighted by atomic mass is 16.6. The largest absolute Gasteiger partial charge is 0.508 e. The van der Waals surface area contributed by atoms with Gasteiger partial charge < -0.3 is 25.4 Å². The van der Waals surface area contributed by atoms with Crippen LogP contribution in [-0.4, -0.2) is 45.6 Å². The summed E-state index contributed by atoms with van der Waals surface area (Å²) in [4.78, 5) is 43.3. The zero-order valence-electron chi connectivity index (χ0n) is 25.2. The van der Waals surface area contributed by atoms with Gasteiger partial charge in [0.05, 0.1) is 0 Å². The molecule has 226 valence electrons. The summed E-state index contributed by atoms with van der Waals surface area (Å²) in [5.74, 6) is -0.445. The molecule has 4 unspecified atom stereocenters. The van der Waals surface area contributed by atoms with Crippen molar-refractivity contribution in [3.63, 3.8) is 0 Å². The number of benzene rings is 3. The Morgan fingerprint density at radius 3 is 2.30 bits per heavy atom. The van der Waals surface area contributed by atoms with Gasteiger partial charge in [-0.2, -0.15) is 0 Å². The van der Waals surface area contributed by atoms with Crippen molar-refractivity contribution in [2.75, 3.05) is 0 Å². The topological polar surface area (TPSA) is 108 Å². The summed E-state index contributed by atoms with van der Waals surface area (Å²) in [7, 11) is 0. The molecule has 1 saturated carbocycles. The molecule has 8 heteroatoms. The molecule has 0 saturated heterocycles. The fourth-order valence-electron chi connectivity index (χ4n) is 5.05. The van der Waals surface area contributed by atoms with Gasteiger partial charge in [-0.3, -0.25) is 9.59 Å². The van der Waals surface area contributed by atoms with Crippen LogP contribution in [0.15, 0.2) is 85.4 Å². The maximum absolute atomic E-state index is 14.6. The second-order valence-electron chi connectivity index (χ2n) is 12.1. The van der Waals surface area contributed by atoms with E-state index in [9.17, 15) is 19.5 Å². The van der Waals surface area contributed by atoms with Crippen molar-refractivity contribution in [2.24, 2.45) is 5.92 Å². The summed E-state index contributed by atoms with van der Waals surface area (Å²) in [6, 6.07) is 21.3. The average molecular weight is 584 g/mol. The molecule has 0 spiro atoms. The Balaban J connectivity index is 1.73. The first kappa shape index (κ1) is 31.3. The third-order valence-corrected chi connectivity index (χ3v) is 7.34. The number of aromatic hydroxyl groups is 1. The number of carbonyl (C=O) groups is 3. The number of carbonyl (C=O) groups excluding carboxylic acids is 3. The third kappa shape index (κ3) is 8.70. The molecule has 4 rings (SSSR count). The predicted octanol–water partition coefficient (Wildman–Crippen LogP) is 5.77. The maximum Gasteiger partial charge on any atom is 0.408 e. The van der Waals surface area contributed by atoms with E-state index in [2.05, 4.69) is 17.2 Å². The zero-order chi connectivity index (χ0) is 31.1. The SMILES string of the molecule is C=Cc1cccc(C(C(=O)NCc2ccccc2)N(C(=O)C(Cc2ccc(O)cc2)NC(=O)OC(C)(C)C)C2CC2C)c1. The van der Waals surface area contributed by atoms with E-state index in [0.29, 0.717) is 12.1 Å². The number of hydrogen-bond donors (Lipinski definition) is 3. The molecule has 1 aliphatic carbocycles. The van der Waals surface area contributed by atoms with Crippen LogP contribution in [0, 0.1) is 5.92 Å². The Bertz CT molecular complexity index is 1430. The van der Waals surface area contributed by atoms with E-state index in [-0.39, 0.29) is 30.0 Å². The Labute approximate surface area is 253 Å². The molecule has 3 aromatic rings. The number of nitrogens with zero attached hydrogens (tertiary/aromatic N) is 1. The Hall–Kier alpha value is -4.59. The van der Waals surface area contributed by atoms with Crippen LogP contribution in [0.1, 0.15) is 62.4 Å². The first-order valence-corrected chi connectivity index (χ1v) is 14.6. The van der Waals surface area contributed by atoms with E-state index in [1.165, 1.54) is 12.1 Å². The molecule has 0 aromatic heterocycles. The Morgan fingerprint density at radius 1 is 1.02 bits per heavy atom. The average Bonchev–Trinajstić information content (AvgIpc) is 3.70. The molecule has 0 aliphatic heterocycles. The number of phenolic OH excluding ortho intramolecular Hbond substituents is 1. The van der Waals surface area contributed by atoms with Crippen molar-refractivity contribution in [3.8, 4) is 5.75 Å². The fraction of sp³-hybridized carbons (Fsp3) is 0.343. The Kier molecular flexibility index (Phi) is 9.91. The molecular formula is C35H41N3O5. The minimum Gasteiger partial charge on any atom is -0.508 e. The first-order valence-electron chi connectivity index (χ1n) is 14.6. The van der Waals surface area contributed by atoms with Gasteiger partial charge in [0.25, 0.3) is 0 Å². The Morgan fingerprint density at radius 2 is 1.70 bits per heavy atom. The lowest BCUT2D eigenvalue weighted by atomic mass is 9.98. The molecular weight excluding hydrogens is 542 g/mol. The van der Waals surface area contributed by atoms with Crippen LogP contribution in [0.2, 0.25) is 0 Å². The second-order valence-corrected chi connectivity index (χ2v) is 12.1. The van der Waals surface area contributed by atoms with Crippen LogP contribution in [0.4, 0.5) is 4.79 Å². The van der Waals surface area contributed by atoms with Gasteiger partial charge in [-0.1, -0.05) is 80.2 Å². The lowest BCUT2D eigenvalue weighted by Gasteiger charge is -2.35. The molecule has 3 N–H and O–H groups in total. The minimum absolute atomic E-state index is 0.0948. The van der Waals surface area contributed by atoms with Crippen molar-refractivity contribution in [2.45, 2.75) is 70.8 Å². The number of amides is 3. The van der Waals surface area contributed by atoms with Crippen LogP contribution in [0.3, 0.4) is 0 Å². The van der Waals surface area contributed by atoms with Crippen LogP contribution < -0.4 is 10.6 Å². The van der Waals surface area contributed by atoms with Gasteiger partial charge in [0.15, 0.2) is 0 Å². The highest BCUT2D eigenvalue weighted by Gasteiger charge is 2.48. The second kappa shape index (κ2) is 13.6. The summed E-state index contributed by atoms with van der Waals surface area (Å²) < 4.78 is 5.51. The van der Waals surface area contributed by atoms with Crippen molar-refractivity contribution < 1.29 is 24.2 Å². The van der Waals surface area contributed by atoms with E-state index < -0.39 is 29.7 Å². The highest BCUT2D eigenvalue weighted by molar-refractivity contribution is 5.93. The standard InChI is InChI=1S/C35H41N3O5/c1-6-24-13-10-14-27(20-24)31(32(40)36-22-26-11-8-7-9-12-26)38(30-19-23(30)2)33(41)29(37-34(42)43-35(3,4)5)21-25-15-17-28(39)18-16-25/h6-18,20,23,29-31,39H,1,19,21-22H2,2-5H3,(H,36,40)(H,37,42). The zero-order valence-corrected chi connectivity index (χ0v) is 25.2. The number of alkyl carbamates (subject to hydrolysis) is 1. The highest BCUT2D eigenvalue weighted by Crippen LogP contribution is 2.41. The van der Waals surface area contributed by atoms with Crippen molar-refractivity contribution >= 4 is 24.0 Å². The van der Waals surface area contributed by atoms with Crippen molar-refractivity contribution in [1.82, 2.24) is 15.5 Å². The number of nitrogens with one attached hydrogen (secondary N) is 2. The van der Waals surface area contributed by atoms with Gasteiger partial charge >= 0.3 is 6.09 Å². The fourth-order valence-corrected chi connectivity index (χ4v) is 5.05. The summed E-state index contributed by atoms with van der Waals surface area (Å²) in [5, 5.41) is 15.6. The van der Waals surface area contributed by atoms with E-state index in [1.54, 1.807) is 43.9 Å². The van der Waals surface area contributed by atoms with Crippen LogP contribution in [-0.2, 0) is 27.3 Å². The summed E-state index contributed by atoms with van der Waals surface area (Å²) in [6.45, 7) is 11.5. The van der Waals surface area contributed by atoms with E-state index >= 15 is 0 Å². The van der Waals surface area contributed by atoms with Gasteiger partial charge in [0.2, 0.25) is 11.8 Å². The molecule has 4 atom stereocenters. The molecule has 0 heterocycles. The number of phenols is 1. The summed E-state index contributed by atoms with van der Waals surface area (Å²) in [5.41, 5.74) is 2.36. The quantitative estimate of drug-likeness (QED) is 0.266. The molecule has 0 radical (unpaired) electrons. The third-order valence-electron chi connectivity index (χ3n) is 7.34. The van der Waals surface area contributed by atoms with Gasteiger partial charge in [0, 0.05) is 19.0 Å². The lowest BCUT2D eigenvalue weighted by molar-refractivity contribution is -0.143. The molecule has 8 nitrogen and oxygen atoms in total. The molecule has 43 heavy (non-hydrogen) atoms. The van der Waals surface area contributed by atoms with Crippen LogP contribution in [0.25, 0.3) is 6.08 Å². The van der Waals surface area contributed by atoms with Crippen LogP contribution in [0.5, 0.6) is 5.75 Å². The smallest absolute Gasteiger partial charge is 0.408 e. The molecule has 3 amide bonds. The van der Waals surface area contributed by atoms with E-state index in [1.807, 2.05) is 61.5 Å². The van der Waals surface area contributed by atoms with Crippen LogP contribution >= 0.6 is 0 Å². The number of ether oxygens (including phenoxy) is 1. The van der Waals surface area contributed by atoms with E-state index in [4.69, 9.17) is 4.74 Å². The minimum atomic E-state index is -1.03. The summed E-state index contributed by atoms with van der Waals surface area (Å²) in [6.07, 6.45) is 1.84. The number of rotatable bonds is 11. The maximum atomic E-state index is 14.6. The van der Waals surface area contributed by atoms with Gasteiger partial charge in [0.1, 0.15) is 23.4 Å². The molecule has 3 aromatic carbocycles.